The van der Waals surface area contributed by atoms with E-state index >= 15 is 0 Å². The molecule has 1 aromatic carbocycles. The molecule has 4 heteroatoms. The number of carbonyl (C=O) groups excluding carboxylic acids is 2. The summed E-state index contributed by atoms with van der Waals surface area (Å²) in [6, 6.07) is 11.0. The monoisotopic (exact) mass is 353 g/mol. The summed E-state index contributed by atoms with van der Waals surface area (Å²) >= 11 is 1.42. The number of likely N-dealkylation sites (tertiary alicyclic amines) is 1. The Kier molecular flexibility index (Phi) is 4.71. The molecule has 2 unspecified atom stereocenters. The van der Waals surface area contributed by atoms with Crippen LogP contribution in [0.3, 0.4) is 0 Å². The van der Waals surface area contributed by atoms with Crippen molar-refractivity contribution < 1.29 is 9.59 Å². The number of hydrogen-bond donors (Lipinski definition) is 0. The van der Waals surface area contributed by atoms with Gasteiger partial charge in [-0.25, -0.2) is 0 Å². The zero-order chi connectivity index (χ0) is 17.2. The van der Waals surface area contributed by atoms with E-state index in [9.17, 15) is 9.59 Å². The molecule has 2 aromatic rings. The topological polar surface area (TPSA) is 37.4 Å². The van der Waals surface area contributed by atoms with Crippen LogP contribution in [0.5, 0.6) is 0 Å². The molecule has 130 valence electrons. The maximum atomic E-state index is 13.1. The smallest absolute Gasteiger partial charge is 0.254 e. The van der Waals surface area contributed by atoms with Crippen molar-refractivity contribution >= 4 is 23.0 Å². The van der Waals surface area contributed by atoms with Crippen LogP contribution in [0.4, 0.5) is 0 Å². The third-order valence-electron chi connectivity index (χ3n) is 5.73. The fourth-order valence-corrected chi connectivity index (χ4v) is 5.04. The molecular weight excluding hydrogens is 330 g/mol. The fraction of sp³-hybridized carbons (Fsp3) is 0.429. The Morgan fingerprint density at radius 1 is 0.920 bits per heavy atom. The van der Waals surface area contributed by atoms with Gasteiger partial charge in [-0.05, 0) is 42.2 Å². The molecule has 1 aliphatic carbocycles. The van der Waals surface area contributed by atoms with E-state index in [0.717, 1.165) is 25.4 Å². The minimum atomic E-state index is -0.0495. The summed E-state index contributed by atoms with van der Waals surface area (Å²) in [7, 11) is 0. The number of ketones is 1. The predicted molar refractivity (Wildman–Crippen MR) is 100 cm³/mol. The number of benzene rings is 1. The molecule has 2 aliphatic rings. The Labute approximate surface area is 152 Å². The lowest BCUT2D eigenvalue weighted by atomic mass is 9.75. The molecule has 2 heterocycles. The molecule has 0 radical (unpaired) electrons. The second-order valence-electron chi connectivity index (χ2n) is 7.20. The normalized spacial score (nSPS) is 23.1. The number of fused-ring (bicyclic) bond motifs is 1. The van der Waals surface area contributed by atoms with Crippen molar-refractivity contribution in [1.82, 2.24) is 4.90 Å². The highest BCUT2D eigenvalue weighted by molar-refractivity contribution is 7.12. The van der Waals surface area contributed by atoms with Gasteiger partial charge in [-0.15, -0.1) is 11.3 Å². The largest absolute Gasteiger partial charge is 0.338 e. The Morgan fingerprint density at radius 2 is 1.68 bits per heavy atom. The van der Waals surface area contributed by atoms with Crippen molar-refractivity contribution in [2.24, 2.45) is 11.8 Å². The number of amides is 1. The minimum absolute atomic E-state index is 0.0181. The highest BCUT2D eigenvalue weighted by atomic mass is 32.1. The van der Waals surface area contributed by atoms with Crippen LogP contribution < -0.4 is 0 Å². The van der Waals surface area contributed by atoms with Gasteiger partial charge in [-0.1, -0.05) is 43.5 Å². The quantitative estimate of drug-likeness (QED) is 0.754. The molecule has 1 saturated heterocycles. The molecule has 0 bridgehead atoms. The molecule has 1 aromatic heterocycles. The Hall–Kier alpha value is -1.94. The number of nitrogens with zero attached hydrogens (tertiary/aromatic N) is 1. The zero-order valence-corrected chi connectivity index (χ0v) is 15.1. The maximum absolute atomic E-state index is 13.1. The van der Waals surface area contributed by atoms with Crippen molar-refractivity contribution in [3.05, 3.63) is 57.8 Å². The van der Waals surface area contributed by atoms with E-state index in [-0.39, 0.29) is 11.7 Å². The van der Waals surface area contributed by atoms with E-state index in [0.29, 0.717) is 21.9 Å². The van der Waals surface area contributed by atoms with Gasteiger partial charge < -0.3 is 4.90 Å². The van der Waals surface area contributed by atoms with E-state index < -0.39 is 0 Å². The van der Waals surface area contributed by atoms with Crippen LogP contribution >= 0.6 is 11.3 Å². The SMILES string of the molecule is O=C(c1cccs1)c1ccccc1C(=O)N1CCC2CCCCC2C1. The molecule has 2 atom stereocenters. The number of carbonyl (C=O) groups is 2. The van der Waals surface area contributed by atoms with Gasteiger partial charge in [0.2, 0.25) is 5.78 Å². The summed E-state index contributed by atoms with van der Waals surface area (Å²) < 4.78 is 0. The first-order chi connectivity index (χ1) is 12.2. The molecular formula is C21H23NO2S. The summed E-state index contributed by atoms with van der Waals surface area (Å²) in [5.41, 5.74) is 1.08. The van der Waals surface area contributed by atoms with Gasteiger partial charge in [-0.3, -0.25) is 9.59 Å². The molecule has 25 heavy (non-hydrogen) atoms. The molecule has 1 amide bonds. The van der Waals surface area contributed by atoms with Gasteiger partial charge in [-0.2, -0.15) is 0 Å². The van der Waals surface area contributed by atoms with Gasteiger partial charge in [0.15, 0.2) is 0 Å². The molecule has 1 saturated carbocycles. The van der Waals surface area contributed by atoms with Gasteiger partial charge in [0.05, 0.1) is 10.4 Å². The van der Waals surface area contributed by atoms with Crippen molar-refractivity contribution in [2.75, 3.05) is 13.1 Å². The minimum Gasteiger partial charge on any atom is -0.338 e. The number of piperidine rings is 1. The second kappa shape index (κ2) is 7.12. The third kappa shape index (κ3) is 3.28. The van der Waals surface area contributed by atoms with Crippen LogP contribution in [0.1, 0.15) is 57.7 Å². The van der Waals surface area contributed by atoms with Gasteiger partial charge in [0.25, 0.3) is 5.91 Å². The lowest BCUT2D eigenvalue weighted by Crippen LogP contribution is -2.45. The highest BCUT2D eigenvalue weighted by Gasteiger charge is 2.34. The van der Waals surface area contributed by atoms with Crippen molar-refractivity contribution in [2.45, 2.75) is 32.1 Å². The van der Waals surface area contributed by atoms with E-state index in [4.69, 9.17) is 0 Å². The summed E-state index contributed by atoms with van der Waals surface area (Å²) in [6.45, 7) is 1.67. The van der Waals surface area contributed by atoms with Crippen molar-refractivity contribution in [1.29, 1.82) is 0 Å². The van der Waals surface area contributed by atoms with Gasteiger partial charge >= 0.3 is 0 Å². The first kappa shape index (κ1) is 16.5. The van der Waals surface area contributed by atoms with E-state index in [1.165, 1.54) is 37.0 Å². The third-order valence-corrected chi connectivity index (χ3v) is 6.59. The van der Waals surface area contributed by atoms with Crippen LogP contribution in [0, 0.1) is 11.8 Å². The van der Waals surface area contributed by atoms with Gasteiger partial charge in [0, 0.05) is 18.7 Å². The van der Waals surface area contributed by atoms with E-state index in [1.54, 1.807) is 12.1 Å². The van der Waals surface area contributed by atoms with Crippen molar-refractivity contribution in [3.8, 4) is 0 Å². The van der Waals surface area contributed by atoms with Crippen LogP contribution in [-0.4, -0.2) is 29.7 Å². The predicted octanol–water partition coefficient (Wildman–Crippen LogP) is 4.63. The number of thiophene rings is 1. The van der Waals surface area contributed by atoms with E-state index in [1.807, 2.05) is 34.5 Å². The lowest BCUT2D eigenvalue weighted by Gasteiger charge is -2.41. The summed E-state index contributed by atoms with van der Waals surface area (Å²) in [4.78, 5) is 28.6. The van der Waals surface area contributed by atoms with Crippen LogP contribution in [0.15, 0.2) is 41.8 Å². The fourth-order valence-electron chi connectivity index (χ4n) is 4.36. The Balaban J connectivity index is 1.57. The zero-order valence-electron chi connectivity index (χ0n) is 14.3. The molecule has 0 N–H and O–H groups in total. The van der Waals surface area contributed by atoms with Crippen LogP contribution in [0.2, 0.25) is 0 Å². The lowest BCUT2D eigenvalue weighted by molar-refractivity contribution is 0.0519. The molecule has 4 rings (SSSR count). The van der Waals surface area contributed by atoms with Crippen LogP contribution in [-0.2, 0) is 0 Å². The second-order valence-corrected chi connectivity index (χ2v) is 8.14. The summed E-state index contributed by atoms with van der Waals surface area (Å²) in [5.74, 6) is 1.41. The molecule has 3 nitrogen and oxygen atoms in total. The number of rotatable bonds is 3. The maximum Gasteiger partial charge on any atom is 0.254 e. The number of hydrogen-bond acceptors (Lipinski definition) is 3. The standard InChI is InChI=1S/C21H23NO2S/c23-20(19-10-5-13-25-19)17-8-3-4-9-18(17)21(24)22-12-11-15-6-1-2-7-16(15)14-22/h3-5,8-10,13,15-16H,1-2,6-7,11-12,14H2. The van der Waals surface area contributed by atoms with Crippen molar-refractivity contribution in [3.63, 3.8) is 0 Å². The average molecular weight is 353 g/mol. The summed E-state index contributed by atoms with van der Waals surface area (Å²) in [6.07, 6.45) is 6.30. The summed E-state index contributed by atoms with van der Waals surface area (Å²) in [5, 5.41) is 1.89. The molecule has 2 fully saturated rings. The average Bonchev–Trinajstić information content (AvgIpc) is 3.21. The van der Waals surface area contributed by atoms with Gasteiger partial charge in [0.1, 0.15) is 0 Å². The van der Waals surface area contributed by atoms with Crippen LogP contribution in [0.25, 0.3) is 0 Å². The first-order valence-electron chi connectivity index (χ1n) is 9.20. The molecule has 1 aliphatic heterocycles. The van der Waals surface area contributed by atoms with E-state index in [2.05, 4.69) is 0 Å². The highest BCUT2D eigenvalue weighted by Crippen LogP contribution is 2.36. The molecule has 0 spiro atoms. The first-order valence-corrected chi connectivity index (χ1v) is 10.1. The Morgan fingerprint density at radius 3 is 2.44 bits per heavy atom. The Bertz CT molecular complexity index is 768.